The number of nitrogens with zero attached hydrogens (tertiary/aromatic N) is 1. The molecule has 126 valence electrons. The number of hydrogen-bond donors (Lipinski definition) is 0. The summed E-state index contributed by atoms with van der Waals surface area (Å²) in [7, 11) is 0. The molecule has 2 saturated carbocycles. The first-order valence-electron chi connectivity index (χ1n) is 7.22. The van der Waals surface area contributed by atoms with Gasteiger partial charge in [0.2, 0.25) is 0 Å². The lowest BCUT2D eigenvalue weighted by Crippen LogP contribution is -2.39. The average molecular weight is 409 g/mol. The SMILES string of the molecule is O=C(ON1C(=O)c2c(Cl)c(Cl)c(Cl)c(Cl)c2C1=O)C1CC2(CC2)C1. The van der Waals surface area contributed by atoms with Crippen LogP contribution in [0.25, 0.3) is 0 Å². The minimum absolute atomic E-state index is 0.133. The minimum Gasteiger partial charge on any atom is -0.329 e. The number of hydroxylamine groups is 2. The number of imide groups is 1. The van der Waals surface area contributed by atoms with Crippen molar-refractivity contribution in [2.75, 3.05) is 0 Å². The second-order valence-corrected chi connectivity index (χ2v) is 7.94. The maximum Gasteiger partial charge on any atom is 0.336 e. The molecule has 0 N–H and O–H groups in total. The summed E-state index contributed by atoms with van der Waals surface area (Å²) < 4.78 is 0. The van der Waals surface area contributed by atoms with E-state index in [4.69, 9.17) is 51.2 Å². The van der Waals surface area contributed by atoms with E-state index in [0.717, 1.165) is 25.7 Å². The van der Waals surface area contributed by atoms with E-state index in [9.17, 15) is 14.4 Å². The molecule has 2 amide bonds. The highest BCUT2D eigenvalue weighted by Crippen LogP contribution is 2.63. The predicted octanol–water partition coefficient (Wildman–Crippen LogP) is 4.54. The second-order valence-electron chi connectivity index (χ2n) is 6.43. The first-order valence-corrected chi connectivity index (χ1v) is 8.73. The normalized spacial score (nSPS) is 21.1. The van der Waals surface area contributed by atoms with Gasteiger partial charge in [-0.1, -0.05) is 51.5 Å². The third-order valence-electron chi connectivity index (χ3n) is 4.89. The third-order valence-corrected chi connectivity index (χ3v) is 6.70. The third kappa shape index (κ3) is 2.18. The van der Waals surface area contributed by atoms with Gasteiger partial charge in [-0.25, -0.2) is 4.79 Å². The fraction of sp³-hybridized carbons (Fsp3) is 0.400. The molecule has 1 aliphatic heterocycles. The molecule has 0 radical (unpaired) electrons. The summed E-state index contributed by atoms with van der Waals surface area (Å²) in [5, 5.41) is -0.274. The zero-order valence-corrected chi connectivity index (χ0v) is 15.0. The highest BCUT2D eigenvalue weighted by Gasteiger charge is 2.56. The van der Waals surface area contributed by atoms with E-state index >= 15 is 0 Å². The fourth-order valence-electron chi connectivity index (χ4n) is 3.31. The van der Waals surface area contributed by atoms with Crippen molar-refractivity contribution < 1.29 is 19.2 Å². The van der Waals surface area contributed by atoms with Crippen LogP contribution in [0.3, 0.4) is 0 Å². The van der Waals surface area contributed by atoms with Crippen LogP contribution in [0.15, 0.2) is 0 Å². The van der Waals surface area contributed by atoms with Crippen molar-refractivity contribution in [2.24, 2.45) is 11.3 Å². The molecular weight excluding hydrogens is 400 g/mol. The number of carbonyl (C=O) groups excluding carboxylic acids is 3. The van der Waals surface area contributed by atoms with Crippen LogP contribution < -0.4 is 0 Å². The topological polar surface area (TPSA) is 63.7 Å². The zero-order valence-electron chi connectivity index (χ0n) is 12.0. The summed E-state index contributed by atoms with van der Waals surface area (Å²) in [6, 6.07) is 0. The molecule has 4 rings (SSSR count). The Kier molecular flexibility index (Phi) is 3.59. The standard InChI is InChI=1S/C15H9Cl4NO4/c16-8-6-7(9(17)11(19)10(8)18)13(22)20(12(6)21)24-14(23)5-3-15(4-5)1-2-15/h5H,1-4H2. The number of benzene rings is 1. The van der Waals surface area contributed by atoms with Gasteiger partial charge in [0.25, 0.3) is 11.8 Å². The summed E-state index contributed by atoms with van der Waals surface area (Å²) >= 11 is 23.8. The monoisotopic (exact) mass is 407 g/mol. The van der Waals surface area contributed by atoms with Crippen LogP contribution in [0.4, 0.5) is 0 Å². The van der Waals surface area contributed by atoms with E-state index in [1.807, 2.05) is 0 Å². The van der Waals surface area contributed by atoms with Crippen LogP contribution in [0.1, 0.15) is 46.4 Å². The maximum absolute atomic E-state index is 12.4. The van der Waals surface area contributed by atoms with Gasteiger partial charge in [0, 0.05) is 0 Å². The molecule has 1 aromatic carbocycles. The number of halogens is 4. The first-order chi connectivity index (χ1) is 11.3. The maximum atomic E-state index is 12.4. The van der Waals surface area contributed by atoms with Crippen LogP contribution in [-0.2, 0) is 9.63 Å². The van der Waals surface area contributed by atoms with Crippen LogP contribution in [0, 0.1) is 11.3 Å². The molecule has 2 aliphatic carbocycles. The van der Waals surface area contributed by atoms with E-state index in [1.54, 1.807) is 0 Å². The number of amides is 2. The van der Waals surface area contributed by atoms with Gasteiger partial charge in [-0.3, -0.25) is 9.59 Å². The molecule has 1 heterocycles. The van der Waals surface area contributed by atoms with Gasteiger partial charge in [0.1, 0.15) is 0 Å². The van der Waals surface area contributed by atoms with Crippen molar-refractivity contribution >= 4 is 64.2 Å². The van der Waals surface area contributed by atoms with Crippen LogP contribution in [-0.4, -0.2) is 22.8 Å². The van der Waals surface area contributed by atoms with Crippen molar-refractivity contribution in [2.45, 2.75) is 25.7 Å². The van der Waals surface area contributed by atoms with Gasteiger partial charge >= 0.3 is 5.97 Å². The number of rotatable bonds is 2. The predicted molar refractivity (Wildman–Crippen MR) is 87.5 cm³/mol. The van der Waals surface area contributed by atoms with Crippen LogP contribution in [0.5, 0.6) is 0 Å². The Hall–Kier alpha value is -1.01. The van der Waals surface area contributed by atoms with Crippen LogP contribution in [0.2, 0.25) is 20.1 Å². The Balaban J connectivity index is 1.61. The van der Waals surface area contributed by atoms with E-state index in [1.165, 1.54) is 0 Å². The van der Waals surface area contributed by atoms with E-state index in [2.05, 4.69) is 0 Å². The lowest BCUT2D eigenvalue weighted by molar-refractivity contribution is -0.179. The van der Waals surface area contributed by atoms with Gasteiger partial charge in [0.15, 0.2) is 0 Å². The largest absolute Gasteiger partial charge is 0.336 e. The number of carbonyl (C=O) groups is 3. The van der Waals surface area contributed by atoms with Gasteiger partial charge in [0.05, 0.1) is 37.1 Å². The summed E-state index contributed by atoms with van der Waals surface area (Å²) in [5.41, 5.74) is -0.124. The van der Waals surface area contributed by atoms with E-state index < -0.39 is 17.8 Å². The summed E-state index contributed by atoms with van der Waals surface area (Å²) in [4.78, 5) is 42.0. The summed E-state index contributed by atoms with van der Waals surface area (Å²) in [6.07, 6.45) is 3.69. The molecule has 0 unspecified atom stereocenters. The van der Waals surface area contributed by atoms with Crippen LogP contribution >= 0.6 is 46.4 Å². The molecule has 24 heavy (non-hydrogen) atoms. The quantitative estimate of drug-likeness (QED) is 0.409. The Morgan fingerprint density at radius 3 is 1.79 bits per heavy atom. The van der Waals surface area contributed by atoms with Gasteiger partial charge < -0.3 is 4.84 Å². The first kappa shape index (κ1) is 16.5. The molecule has 1 spiro atoms. The molecule has 0 saturated heterocycles. The molecule has 3 aliphatic rings. The number of hydrogen-bond acceptors (Lipinski definition) is 4. The van der Waals surface area contributed by atoms with Gasteiger partial charge in [-0.2, -0.15) is 0 Å². The summed E-state index contributed by atoms with van der Waals surface area (Å²) in [6.45, 7) is 0. The highest BCUT2D eigenvalue weighted by molar-refractivity contribution is 6.55. The molecule has 0 atom stereocenters. The Morgan fingerprint density at radius 2 is 1.38 bits per heavy atom. The molecule has 2 fully saturated rings. The Bertz CT molecular complexity index is 778. The lowest BCUT2D eigenvalue weighted by atomic mass is 9.72. The lowest BCUT2D eigenvalue weighted by Gasteiger charge is -2.34. The van der Waals surface area contributed by atoms with Gasteiger partial charge in [-0.15, -0.1) is 0 Å². The van der Waals surface area contributed by atoms with E-state index in [0.29, 0.717) is 10.5 Å². The number of fused-ring (bicyclic) bond motifs is 1. The summed E-state index contributed by atoms with van der Waals surface area (Å²) in [5.74, 6) is -2.66. The zero-order chi connectivity index (χ0) is 17.4. The molecule has 1 aromatic rings. The van der Waals surface area contributed by atoms with Crippen molar-refractivity contribution in [1.29, 1.82) is 0 Å². The molecule has 9 heteroatoms. The molecule has 0 bridgehead atoms. The minimum atomic E-state index is -0.880. The molecule has 0 aromatic heterocycles. The molecular formula is C15H9Cl4NO4. The fourth-order valence-corrected chi connectivity index (χ4v) is 4.33. The van der Waals surface area contributed by atoms with Crippen molar-refractivity contribution in [1.82, 2.24) is 5.06 Å². The van der Waals surface area contributed by atoms with Crippen molar-refractivity contribution in [3.05, 3.63) is 31.2 Å². The highest BCUT2D eigenvalue weighted by atomic mass is 35.5. The van der Waals surface area contributed by atoms with E-state index in [-0.39, 0.29) is 37.1 Å². The Morgan fingerprint density at radius 1 is 0.917 bits per heavy atom. The van der Waals surface area contributed by atoms with Crippen molar-refractivity contribution in [3.8, 4) is 0 Å². The smallest absolute Gasteiger partial charge is 0.329 e. The Labute approximate surface area is 156 Å². The molecule has 5 nitrogen and oxygen atoms in total. The average Bonchev–Trinajstić information content (AvgIpc) is 3.27. The van der Waals surface area contributed by atoms with Crippen molar-refractivity contribution in [3.63, 3.8) is 0 Å². The van der Waals surface area contributed by atoms with Gasteiger partial charge in [-0.05, 0) is 31.1 Å². The second kappa shape index (κ2) is 5.24.